The predicted molar refractivity (Wildman–Crippen MR) is 85.9 cm³/mol. The smallest absolute Gasteiger partial charge is 0.268 e. The Hall–Kier alpha value is -1.85. The Balaban J connectivity index is 1.74. The van der Waals surface area contributed by atoms with Crippen LogP contribution in [0.1, 0.15) is 15.2 Å². The van der Waals surface area contributed by atoms with E-state index in [0.717, 1.165) is 28.2 Å². The summed E-state index contributed by atoms with van der Waals surface area (Å²) in [5.41, 5.74) is 8.83. The maximum atomic E-state index is 12.7. The third-order valence-electron chi connectivity index (χ3n) is 3.66. The van der Waals surface area contributed by atoms with Gasteiger partial charge in [-0.25, -0.2) is 0 Å². The molecule has 1 aliphatic heterocycles. The van der Waals surface area contributed by atoms with Gasteiger partial charge >= 0.3 is 0 Å². The molecule has 2 N–H and O–H groups in total. The molecule has 5 heteroatoms. The average molecular weight is 300 g/mol. The summed E-state index contributed by atoms with van der Waals surface area (Å²) in [4.78, 5) is 15.3. The van der Waals surface area contributed by atoms with Crippen LogP contribution < -0.4 is 10.6 Å². The molecule has 1 amide bonds. The van der Waals surface area contributed by atoms with E-state index in [9.17, 15) is 4.79 Å². The summed E-state index contributed by atoms with van der Waals surface area (Å²) in [5, 5.41) is 2.06. The number of amides is 1. The molecular weight excluding hydrogens is 288 g/mol. The van der Waals surface area contributed by atoms with Crippen LogP contribution in [0.2, 0.25) is 0 Å². The highest BCUT2D eigenvalue weighted by atomic mass is 32.1. The Bertz CT molecular complexity index is 790. The van der Waals surface area contributed by atoms with Crippen LogP contribution >= 0.6 is 22.7 Å². The molecule has 3 aromatic rings. The lowest BCUT2D eigenvalue weighted by atomic mass is 10.1. The number of carbonyl (C=O) groups is 1. The molecule has 0 atom stereocenters. The van der Waals surface area contributed by atoms with Gasteiger partial charge in [0, 0.05) is 32.9 Å². The number of carbonyl (C=O) groups excluding carboxylic acids is 1. The summed E-state index contributed by atoms with van der Waals surface area (Å²) < 4.78 is 2.37. The minimum Gasteiger partial charge on any atom is -0.398 e. The van der Waals surface area contributed by atoms with Crippen molar-refractivity contribution in [3.63, 3.8) is 0 Å². The van der Waals surface area contributed by atoms with Crippen LogP contribution in [0.5, 0.6) is 0 Å². The summed E-state index contributed by atoms with van der Waals surface area (Å²) in [6.07, 6.45) is 0.841. The normalized spacial score (nSPS) is 13.9. The zero-order valence-electron chi connectivity index (χ0n) is 10.6. The topological polar surface area (TPSA) is 46.3 Å². The fraction of sp³-hybridized carbons (Fsp3) is 0.133. The first-order chi connectivity index (χ1) is 9.74. The van der Waals surface area contributed by atoms with Crippen LogP contribution in [-0.4, -0.2) is 12.5 Å². The third-order valence-corrected chi connectivity index (χ3v) is 5.74. The Morgan fingerprint density at radius 1 is 1.25 bits per heavy atom. The number of benzene rings is 1. The molecule has 0 aliphatic carbocycles. The van der Waals surface area contributed by atoms with E-state index in [1.807, 2.05) is 29.2 Å². The van der Waals surface area contributed by atoms with E-state index in [2.05, 4.69) is 11.4 Å². The van der Waals surface area contributed by atoms with Crippen molar-refractivity contribution in [2.45, 2.75) is 6.42 Å². The number of nitrogens with zero attached hydrogens (tertiary/aromatic N) is 1. The first-order valence-electron chi connectivity index (χ1n) is 6.40. The van der Waals surface area contributed by atoms with Crippen LogP contribution in [-0.2, 0) is 6.42 Å². The van der Waals surface area contributed by atoms with E-state index in [-0.39, 0.29) is 5.91 Å². The number of thiophene rings is 2. The average Bonchev–Trinajstić information content (AvgIpc) is 3.11. The Kier molecular flexibility index (Phi) is 2.58. The molecule has 0 bridgehead atoms. The molecule has 0 spiro atoms. The van der Waals surface area contributed by atoms with Crippen molar-refractivity contribution in [2.24, 2.45) is 0 Å². The lowest BCUT2D eigenvalue weighted by Gasteiger charge is -2.16. The van der Waals surface area contributed by atoms with Crippen LogP contribution in [0.15, 0.2) is 35.7 Å². The molecule has 20 heavy (non-hydrogen) atoms. The molecule has 1 aliphatic rings. The second-order valence-electron chi connectivity index (χ2n) is 4.81. The Labute approximate surface area is 124 Å². The van der Waals surface area contributed by atoms with Crippen molar-refractivity contribution in [1.29, 1.82) is 0 Å². The molecule has 1 aromatic carbocycles. The molecule has 0 fully saturated rings. The molecular formula is C15H12N2OS2. The van der Waals surface area contributed by atoms with Gasteiger partial charge in [-0.15, -0.1) is 22.7 Å². The molecule has 0 saturated carbocycles. The molecule has 100 valence electrons. The summed E-state index contributed by atoms with van der Waals surface area (Å²) in [7, 11) is 0. The lowest BCUT2D eigenvalue weighted by molar-refractivity contribution is 0.0993. The van der Waals surface area contributed by atoms with Crippen molar-refractivity contribution in [3.8, 4) is 0 Å². The summed E-state index contributed by atoms with van der Waals surface area (Å²) in [5.74, 6) is 0.0859. The van der Waals surface area contributed by atoms with Crippen molar-refractivity contribution < 1.29 is 4.79 Å². The van der Waals surface area contributed by atoms with Gasteiger partial charge in [0.1, 0.15) is 0 Å². The van der Waals surface area contributed by atoms with Crippen LogP contribution in [0.3, 0.4) is 0 Å². The van der Waals surface area contributed by atoms with Crippen molar-refractivity contribution in [2.75, 3.05) is 17.2 Å². The van der Waals surface area contributed by atoms with Gasteiger partial charge in [-0.3, -0.25) is 4.79 Å². The number of rotatable bonds is 1. The summed E-state index contributed by atoms with van der Waals surface area (Å²) >= 11 is 3.24. The number of hydrogen-bond acceptors (Lipinski definition) is 4. The van der Waals surface area contributed by atoms with Gasteiger partial charge in [-0.1, -0.05) is 6.07 Å². The first kappa shape index (κ1) is 11.9. The van der Waals surface area contributed by atoms with Gasteiger partial charge in [0.15, 0.2) is 0 Å². The lowest BCUT2D eigenvalue weighted by Crippen LogP contribution is -2.28. The number of anilines is 2. The van der Waals surface area contributed by atoms with Gasteiger partial charge in [-0.05, 0) is 36.1 Å². The van der Waals surface area contributed by atoms with E-state index >= 15 is 0 Å². The molecule has 0 unspecified atom stereocenters. The highest BCUT2D eigenvalue weighted by molar-refractivity contribution is 7.27. The minimum atomic E-state index is 0.0859. The quantitative estimate of drug-likeness (QED) is 0.696. The molecule has 3 nitrogen and oxygen atoms in total. The Morgan fingerprint density at radius 3 is 3.00 bits per heavy atom. The van der Waals surface area contributed by atoms with E-state index in [4.69, 9.17) is 5.73 Å². The highest BCUT2D eigenvalue weighted by Crippen LogP contribution is 2.36. The fourth-order valence-corrected chi connectivity index (χ4v) is 4.73. The Morgan fingerprint density at radius 2 is 2.15 bits per heavy atom. The number of nitrogen functional groups attached to an aromatic ring is 1. The largest absolute Gasteiger partial charge is 0.398 e. The molecule has 0 radical (unpaired) electrons. The zero-order chi connectivity index (χ0) is 13.7. The van der Waals surface area contributed by atoms with Gasteiger partial charge in [0.2, 0.25) is 0 Å². The fourth-order valence-electron chi connectivity index (χ4n) is 2.68. The SMILES string of the molecule is Nc1cccc2c1CCN2C(=O)c1cc2sccc2s1. The predicted octanol–water partition coefficient (Wildman–Crippen LogP) is 3.75. The minimum absolute atomic E-state index is 0.0859. The molecule has 2 aromatic heterocycles. The van der Waals surface area contributed by atoms with Crippen molar-refractivity contribution >= 4 is 49.4 Å². The molecule has 4 rings (SSSR count). The first-order valence-corrected chi connectivity index (χ1v) is 8.10. The van der Waals surface area contributed by atoms with Gasteiger partial charge in [0.05, 0.1) is 4.88 Å². The second kappa shape index (κ2) is 4.33. The third kappa shape index (κ3) is 1.67. The van der Waals surface area contributed by atoms with E-state index in [1.54, 1.807) is 22.7 Å². The van der Waals surface area contributed by atoms with Gasteiger partial charge < -0.3 is 10.6 Å². The van der Waals surface area contributed by atoms with Gasteiger partial charge in [-0.2, -0.15) is 0 Å². The van der Waals surface area contributed by atoms with E-state index in [0.29, 0.717) is 6.54 Å². The van der Waals surface area contributed by atoms with E-state index in [1.165, 1.54) is 9.40 Å². The van der Waals surface area contributed by atoms with E-state index < -0.39 is 0 Å². The monoisotopic (exact) mass is 300 g/mol. The molecule has 3 heterocycles. The number of fused-ring (bicyclic) bond motifs is 2. The van der Waals surface area contributed by atoms with Crippen molar-refractivity contribution in [1.82, 2.24) is 0 Å². The standard InChI is InChI=1S/C15H12N2OS2/c16-10-2-1-3-11-9(10)4-6-17(11)15(18)14-8-13-12(20-14)5-7-19-13/h1-3,5,7-8H,4,6,16H2. The zero-order valence-corrected chi connectivity index (χ0v) is 12.3. The van der Waals surface area contributed by atoms with Crippen molar-refractivity contribution in [3.05, 3.63) is 46.2 Å². The number of nitrogens with two attached hydrogens (primary N) is 1. The highest BCUT2D eigenvalue weighted by Gasteiger charge is 2.27. The maximum absolute atomic E-state index is 12.7. The van der Waals surface area contributed by atoms with Crippen LogP contribution in [0, 0.1) is 0 Å². The maximum Gasteiger partial charge on any atom is 0.268 e. The van der Waals surface area contributed by atoms with Crippen LogP contribution in [0.4, 0.5) is 11.4 Å². The second-order valence-corrected chi connectivity index (χ2v) is 6.84. The summed E-state index contributed by atoms with van der Waals surface area (Å²) in [6, 6.07) is 9.85. The molecule has 0 saturated heterocycles. The summed E-state index contributed by atoms with van der Waals surface area (Å²) in [6.45, 7) is 0.716. The number of hydrogen-bond donors (Lipinski definition) is 1. The van der Waals surface area contributed by atoms with Gasteiger partial charge in [0.25, 0.3) is 5.91 Å². The van der Waals surface area contributed by atoms with Crippen LogP contribution in [0.25, 0.3) is 9.40 Å².